The molecule has 2 rings (SSSR count). The molecule has 0 saturated carbocycles. The molecule has 1 fully saturated rings. The third kappa shape index (κ3) is 2.05. The van der Waals surface area contributed by atoms with Crippen LogP contribution < -0.4 is 0 Å². The van der Waals surface area contributed by atoms with Crippen LogP contribution in [0.25, 0.3) is 0 Å². The minimum atomic E-state index is -4.49. The van der Waals surface area contributed by atoms with Crippen LogP contribution >= 0.6 is 0 Å². The van der Waals surface area contributed by atoms with Gasteiger partial charge in [-0.25, -0.2) is 4.98 Å². The molecule has 0 aliphatic carbocycles. The Balaban J connectivity index is 2.24. The van der Waals surface area contributed by atoms with Crippen molar-refractivity contribution in [1.29, 1.82) is 0 Å². The normalized spacial score (nSPS) is 21.0. The van der Waals surface area contributed by atoms with Crippen molar-refractivity contribution in [3.8, 4) is 0 Å². The smallest absolute Gasteiger partial charge is 0.382 e. The lowest BCUT2D eigenvalue weighted by Crippen LogP contribution is -2.34. The van der Waals surface area contributed by atoms with Crippen LogP contribution in [-0.4, -0.2) is 28.3 Å². The molecule has 7 heteroatoms. The van der Waals surface area contributed by atoms with E-state index in [9.17, 15) is 18.3 Å². The zero-order valence-corrected chi connectivity index (χ0v) is 8.34. The van der Waals surface area contributed by atoms with Gasteiger partial charge < -0.3 is 14.8 Å². The summed E-state index contributed by atoms with van der Waals surface area (Å²) < 4.78 is 41.9. The lowest BCUT2D eigenvalue weighted by atomic mass is 9.94. The van der Waals surface area contributed by atoms with E-state index < -0.39 is 17.5 Å². The van der Waals surface area contributed by atoms with Crippen LogP contribution in [0.3, 0.4) is 0 Å². The molecule has 1 aliphatic rings. The summed E-state index contributed by atoms with van der Waals surface area (Å²) >= 11 is 0. The van der Waals surface area contributed by atoms with Gasteiger partial charge in [-0.05, 0) is 0 Å². The second-order valence-corrected chi connectivity index (χ2v) is 3.78. The molecular weight excluding hydrogens is 225 g/mol. The molecule has 0 aromatic carbocycles. The number of aromatic nitrogens is 2. The zero-order chi connectivity index (χ0) is 11.8. The lowest BCUT2D eigenvalue weighted by molar-refractivity contribution is -0.141. The number of rotatable bonds is 1. The number of aliphatic hydroxyl groups is 1. The van der Waals surface area contributed by atoms with E-state index in [0.717, 1.165) is 6.20 Å². The van der Waals surface area contributed by atoms with Crippen LogP contribution in [0.4, 0.5) is 13.2 Å². The second kappa shape index (κ2) is 3.74. The molecule has 1 saturated heterocycles. The van der Waals surface area contributed by atoms with Gasteiger partial charge in [0.25, 0.3) is 0 Å². The molecule has 2 heterocycles. The SMILES string of the molecule is OC1(c2nc(C(F)(F)F)c[nH]2)CCOCC1. The van der Waals surface area contributed by atoms with Gasteiger partial charge in [0.15, 0.2) is 5.69 Å². The van der Waals surface area contributed by atoms with Crippen molar-refractivity contribution in [2.24, 2.45) is 0 Å². The second-order valence-electron chi connectivity index (χ2n) is 3.78. The number of ether oxygens (including phenoxy) is 1. The molecule has 0 bridgehead atoms. The predicted molar refractivity (Wildman–Crippen MR) is 47.5 cm³/mol. The monoisotopic (exact) mass is 236 g/mol. The van der Waals surface area contributed by atoms with E-state index in [-0.39, 0.29) is 18.7 Å². The Morgan fingerprint density at radius 2 is 2.00 bits per heavy atom. The summed E-state index contributed by atoms with van der Waals surface area (Å²) in [5.41, 5.74) is -2.34. The number of hydrogen-bond acceptors (Lipinski definition) is 3. The van der Waals surface area contributed by atoms with Crippen molar-refractivity contribution in [1.82, 2.24) is 9.97 Å². The van der Waals surface area contributed by atoms with E-state index >= 15 is 0 Å². The number of nitrogens with zero attached hydrogens (tertiary/aromatic N) is 1. The molecule has 0 radical (unpaired) electrons. The Bertz CT molecular complexity index is 369. The van der Waals surface area contributed by atoms with Gasteiger partial charge >= 0.3 is 6.18 Å². The summed E-state index contributed by atoms with van der Waals surface area (Å²) in [5.74, 6) is -0.0388. The van der Waals surface area contributed by atoms with Crippen molar-refractivity contribution in [2.45, 2.75) is 24.6 Å². The first-order chi connectivity index (χ1) is 7.42. The van der Waals surface area contributed by atoms with Crippen LogP contribution in [0.15, 0.2) is 6.20 Å². The van der Waals surface area contributed by atoms with Crippen molar-refractivity contribution >= 4 is 0 Å². The van der Waals surface area contributed by atoms with Crippen LogP contribution in [-0.2, 0) is 16.5 Å². The molecule has 1 aromatic heterocycles. The summed E-state index contributed by atoms with van der Waals surface area (Å²) in [6.07, 6.45) is -3.23. The molecule has 0 spiro atoms. The largest absolute Gasteiger partial charge is 0.434 e. The van der Waals surface area contributed by atoms with Gasteiger partial charge in [0.2, 0.25) is 0 Å². The highest BCUT2D eigenvalue weighted by molar-refractivity contribution is 5.11. The number of hydrogen-bond donors (Lipinski definition) is 2. The number of imidazole rings is 1. The fourth-order valence-corrected chi connectivity index (χ4v) is 1.65. The summed E-state index contributed by atoms with van der Waals surface area (Å²) in [7, 11) is 0. The molecule has 0 unspecified atom stereocenters. The maximum Gasteiger partial charge on any atom is 0.434 e. The minimum Gasteiger partial charge on any atom is -0.382 e. The van der Waals surface area contributed by atoms with Crippen LogP contribution in [0.5, 0.6) is 0 Å². The number of halogens is 3. The quantitative estimate of drug-likeness (QED) is 0.775. The first-order valence-electron chi connectivity index (χ1n) is 4.85. The fraction of sp³-hybridized carbons (Fsp3) is 0.667. The number of alkyl halides is 3. The number of nitrogens with one attached hydrogen (secondary N) is 1. The highest BCUT2D eigenvalue weighted by Gasteiger charge is 2.39. The van der Waals surface area contributed by atoms with Crippen molar-refractivity contribution in [3.63, 3.8) is 0 Å². The topological polar surface area (TPSA) is 58.1 Å². The van der Waals surface area contributed by atoms with Crippen molar-refractivity contribution < 1.29 is 23.0 Å². The average molecular weight is 236 g/mol. The van der Waals surface area contributed by atoms with Gasteiger partial charge in [-0.1, -0.05) is 0 Å². The van der Waals surface area contributed by atoms with Gasteiger partial charge in [0, 0.05) is 32.3 Å². The summed E-state index contributed by atoms with van der Waals surface area (Å²) in [6, 6.07) is 0. The van der Waals surface area contributed by atoms with Crippen LogP contribution in [0, 0.1) is 0 Å². The number of H-pyrrole nitrogens is 1. The molecule has 0 atom stereocenters. The van der Waals surface area contributed by atoms with Crippen LogP contribution in [0.2, 0.25) is 0 Å². The Morgan fingerprint density at radius 1 is 1.38 bits per heavy atom. The maximum atomic E-state index is 12.3. The average Bonchev–Trinajstić information content (AvgIpc) is 2.67. The van der Waals surface area contributed by atoms with Gasteiger partial charge in [0.05, 0.1) is 0 Å². The molecule has 1 aliphatic heterocycles. The Labute approximate surface area is 89.4 Å². The van der Waals surface area contributed by atoms with E-state index in [1.807, 2.05) is 0 Å². The minimum absolute atomic E-state index is 0.0388. The Kier molecular flexibility index (Phi) is 2.67. The fourth-order valence-electron chi connectivity index (χ4n) is 1.65. The Morgan fingerprint density at radius 3 is 2.50 bits per heavy atom. The molecule has 2 N–H and O–H groups in total. The standard InChI is InChI=1S/C9H11F3N2O2/c10-9(11,12)6-5-13-7(14-6)8(15)1-3-16-4-2-8/h5,15H,1-4H2,(H,13,14). The van der Waals surface area contributed by atoms with E-state index in [4.69, 9.17) is 4.74 Å². The van der Waals surface area contributed by atoms with Gasteiger partial charge in [-0.2, -0.15) is 13.2 Å². The van der Waals surface area contributed by atoms with Crippen molar-refractivity contribution in [2.75, 3.05) is 13.2 Å². The predicted octanol–water partition coefficient (Wildman–Crippen LogP) is 1.43. The third-order valence-electron chi connectivity index (χ3n) is 2.63. The number of aromatic amines is 1. The first-order valence-corrected chi connectivity index (χ1v) is 4.85. The van der Waals surface area contributed by atoms with E-state index in [0.29, 0.717) is 13.2 Å². The summed E-state index contributed by atoms with van der Waals surface area (Å²) in [6.45, 7) is 0.636. The maximum absolute atomic E-state index is 12.3. The summed E-state index contributed by atoms with van der Waals surface area (Å²) in [4.78, 5) is 5.78. The van der Waals surface area contributed by atoms with E-state index in [2.05, 4.69) is 9.97 Å². The van der Waals surface area contributed by atoms with Gasteiger partial charge in [-0.15, -0.1) is 0 Å². The van der Waals surface area contributed by atoms with Gasteiger partial charge in [-0.3, -0.25) is 0 Å². The molecule has 1 aromatic rings. The Hall–Kier alpha value is -1.08. The molecular formula is C9H11F3N2O2. The van der Waals surface area contributed by atoms with Crippen molar-refractivity contribution in [3.05, 3.63) is 17.7 Å². The molecule has 90 valence electrons. The lowest BCUT2D eigenvalue weighted by Gasteiger charge is -2.29. The van der Waals surface area contributed by atoms with E-state index in [1.54, 1.807) is 0 Å². The highest BCUT2D eigenvalue weighted by atomic mass is 19.4. The summed E-state index contributed by atoms with van der Waals surface area (Å²) in [5, 5.41) is 10.1. The van der Waals surface area contributed by atoms with Crippen LogP contribution in [0.1, 0.15) is 24.4 Å². The highest BCUT2D eigenvalue weighted by Crippen LogP contribution is 2.33. The third-order valence-corrected chi connectivity index (χ3v) is 2.63. The molecule has 4 nitrogen and oxygen atoms in total. The van der Waals surface area contributed by atoms with Gasteiger partial charge in [0.1, 0.15) is 11.4 Å². The molecule has 0 amide bonds. The molecule has 16 heavy (non-hydrogen) atoms. The van der Waals surface area contributed by atoms with E-state index in [1.165, 1.54) is 0 Å². The first kappa shape index (κ1) is 11.4. The zero-order valence-electron chi connectivity index (χ0n) is 8.34.